The second kappa shape index (κ2) is 4.63. The highest BCUT2D eigenvalue weighted by Gasteiger charge is 2.35. The Hall–Kier alpha value is -2.51. The molecular formula is C11H7F3N4O. The zero-order chi connectivity index (χ0) is 14.0. The molecule has 2 N–H and O–H groups in total. The molecule has 0 atom stereocenters. The summed E-state index contributed by atoms with van der Waals surface area (Å²) in [5.74, 6) is -0.970. The molecule has 0 unspecified atom stereocenters. The van der Waals surface area contributed by atoms with Crippen LogP contribution in [0.15, 0.2) is 30.7 Å². The quantitative estimate of drug-likeness (QED) is 0.897. The van der Waals surface area contributed by atoms with Gasteiger partial charge in [-0.05, 0) is 12.1 Å². The van der Waals surface area contributed by atoms with Crippen molar-refractivity contribution in [2.24, 2.45) is 5.73 Å². The average Bonchev–Trinajstić information content (AvgIpc) is 2.37. The Labute approximate surface area is 105 Å². The molecule has 2 heterocycles. The minimum Gasteiger partial charge on any atom is -0.364 e. The maximum atomic E-state index is 12.9. The lowest BCUT2D eigenvalue weighted by Gasteiger charge is -2.11. The summed E-state index contributed by atoms with van der Waals surface area (Å²) in [6.45, 7) is 0. The molecule has 0 spiro atoms. The Morgan fingerprint density at radius 1 is 1.05 bits per heavy atom. The predicted octanol–water partition coefficient (Wildman–Crippen LogP) is 1.66. The lowest BCUT2D eigenvalue weighted by Crippen LogP contribution is -2.17. The van der Waals surface area contributed by atoms with Crippen molar-refractivity contribution in [3.05, 3.63) is 42.0 Å². The number of hydrogen-bond acceptors (Lipinski definition) is 4. The molecule has 19 heavy (non-hydrogen) atoms. The Balaban J connectivity index is 2.70. The molecular weight excluding hydrogens is 261 g/mol. The number of carbonyl (C=O) groups excluding carboxylic acids is 1. The minimum atomic E-state index is -4.62. The Bertz CT molecular complexity index is 627. The fraction of sp³-hybridized carbons (Fsp3) is 0.0909. The molecule has 0 fully saturated rings. The number of hydrogen-bond donors (Lipinski definition) is 1. The van der Waals surface area contributed by atoms with Gasteiger partial charge in [0.25, 0.3) is 5.91 Å². The molecule has 2 aromatic rings. The van der Waals surface area contributed by atoms with Crippen LogP contribution in [-0.2, 0) is 6.18 Å². The van der Waals surface area contributed by atoms with Gasteiger partial charge in [0.1, 0.15) is 11.4 Å². The largest absolute Gasteiger partial charge is 0.418 e. The van der Waals surface area contributed by atoms with Gasteiger partial charge in [-0.3, -0.25) is 14.8 Å². The Morgan fingerprint density at radius 3 is 2.32 bits per heavy atom. The van der Waals surface area contributed by atoms with Crippen molar-refractivity contribution in [1.29, 1.82) is 0 Å². The van der Waals surface area contributed by atoms with Gasteiger partial charge in [0.05, 0.1) is 5.56 Å². The highest BCUT2D eigenvalue weighted by atomic mass is 19.4. The molecule has 2 aromatic heterocycles. The van der Waals surface area contributed by atoms with Crippen molar-refractivity contribution in [2.45, 2.75) is 6.18 Å². The van der Waals surface area contributed by atoms with Crippen molar-refractivity contribution in [2.75, 3.05) is 0 Å². The smallest absolute Gasteiger partial charge is 0.364 e. The zero-order valence-corrected chi connectivity index (χ0v) is 9.35. The highest BCUT2D eigenvalue weighted by Crippen LogP contribution is 2.35. The average molecular weight is 268 g/mol. The molecule has 8 heteroatoms. The molecule has 0 bridgehead atoms. The van der Waals surface area contributed by atoms with Gasteiger partial charge in [-0.1, -0.05) is 0 Å². The molecule has 0 aliphatic rings. The van der Waals surface area contributed by atoms with Crippen LogP contribution in [0.2, 0.25) is 0 Å². The second-order valence-electron chi connectivity index (χ2n) is 3.52. The number of nitrogens with two attached hydrogens (primary N) is 1. The van der Waals surface area contributed by atoms with E-state index >= 15 is 0 Å². The van der Waals surface area contributed by atoms with E-state index in [0.717, 1.165) is 18.3 Å². The summed E-state index contributed by atoms with van der Waals surface area (Å²) in [5.41, 5.74) is 2.94. The molecule has 0 aromatic carbocycles. The van der Waals surface area contributed by atoms with Gasteiger partial charge in [0.15, 0.2) is 5.69 Å². The van der Waals surface area contributed by atoms with E-state index in [-0.39, 0.29) is 11.4 Å². The Kier molecular flexibility index (Phi) is 3.16. The number of rotatable bonds is 2. The normalized spacial score (nSPS) is 11.3. The predicted molar refractivity (Wildman–Crippen MR) is 58.8 cm³/mol. The number of nitrogens with zero attached hydrogens (tertiary/aromatic N) is 3. The number of amides is 1. The molecule has 0 aliphatic heterocycles. The van der Waals surface area contributed by atoms with Crippen LogP contribution >= 0.6 is 0 Å². The maximum absolute atomic E-state index is 12.9. The number of carbonyl (C=O) groups is 1. The van der Waals surface area contributed by atoms with Crippen molar-refractivity contribution < 1.29 is 18.0 Å². The molecule has 0 aliphatic carbocycles. The van der Waals surface area contributed by atoms with Crippen LogP contribution in [0.5, 0.6) is 0 Å². The summed E-state index contributed by atoms with van der Waals surface area (Å²) in [6, 6.07) is 1.99. The van der Waals surface area contributed by atoms with Gasteiger partial charge < -0.3 is 5.73 Å². The summed E-state index contributed by atoms with van der Waals surface area (Å²) in [4.78, 5) is 22.1. The monoisotopic (exact) mass is 268 g/mol. The van der Waals surface area contributed by atoms with E-state index in [1.165, 1.54) is 12.4 Å². The molecule has 2 rings (SSSR count). The number of primary amides is 1. The van der Waals surface area contributed by atoms with Gasteiger partial charge >= 0.3 is 6.18 Å². The summed E-state index contributed by atoms with van der Waals surface area (Å²) >= 11 is 0. The first-order valence-corrected chi connectivity index (χ1v) is 5.04. The van der Waals surface area contributed by atoms with Crippen LogP contribution in [0, 0.1) is 0 Å². The lowest BCUT2D eigenvalue weighted by atomic mass is 10.1. The number of aromatic nitrogens is 3. The van der Waals surface area contributed by atoms with Crippen LogP contribution in [0.4, 0.5) is 13.2 Å². The second-order valence-corrected chi connectivity index (χ2v) is 3.52. The van der Waals surface area contributed by atoms with Crippen molar-refractivity contribution in [3.63, 3.8) is 0 Å². The van der Waals surface area contributed by atoms with Crippen LogP contribution in [-0.4, -0.2) is 20.9 Å². The van der Waals surface area contributed by atoms with Crippen molar-refractivity contribution in [3.8, 4) is 11.4 Å². The van der Waals surface area contributed by atoms with E-state index in [1.54, 1.807) is 0 Å². The van der Waals surface area contributed by atoms with Gasteiger partial charge in [-0.25, -0.2) is 4.98 Å². The number of alkyl halides is 3. The third kappa shape index (κ3) is 2.51. The summed E-state index contributed by atoms with van der Waals surface area (Å²) < 4.78 is 38.6. The number of halogens is 3. The lowest BCUT2D eigenvalue weighted by molar-refractivity contribution is -0.137. The fourth-order valence-electron chi connectivity index (χ4n) is 1.51. The standard InChI is InChI=1S/C11H7F3N4O/c12-11(13,14)6-2-1-3-16-7(6)8-9(10(15)19)18-5-4-17-8/h1-5H,(H2,15,19). The van der Waals surface area contributed by atoms with E-state index in [2.05, 4.69) is 15.0 Å². The maximum Gasteiger partial charge on any atom is 0.418 e. The summed E-state index contributed by atoms with van der Waals surface area (Å²) in [6.07, 6.45) is -1.11. The molecule has 98 valence electrons. The van der Waals surface area contributed by atoms with Crippen LogP contribution in [0.1, 0.15) is 16.1 Å². The topological polar surface area (TPSA) is 81.8 Å². The molecule has 0 saturated heterocycles. The van der Waals surface area contributed by atoms with E-state index in [1.807, 2.05) is 0 Å². The molecule has 5 nitrogen and oxygen atoms in total. The highest BCUT2D eigenvalue weighted by molar-refractivity contribution is 5.96. The van der Waals surface area contributed by atoms with Crippen molar-refractivity contribution in [1.82, 2.24) is 15.0 Å². The van der Waals surface area contributed by atoms with E-state index in [4.69, 9.17) is 5.73 Å². The fourth-order valence-corrected chi connectivity index (χ4v) is 1.51. The van der Waals surface area contributed by atoms with Gasteiger partial charge in [0.2, 0.25) is 0 Å². The van der Waals surface area contributed by atoms with Crippen LogP contribution < -0.4 is 5.73 Å². The van der Waals surface area contributed by atoms with Crippen LogP contribution in [0.3, 0.4) is 0 Å². The SMILES string of the molecule is NC(=O)c1nccnc1-c1ncccc1C(F)(F)F. The minimum absolute atomic E-state index is 0.289. The van der Waals surface area contributed by atoms with Crippen LogP contribution in [0.25, 0.3) is 11.4 Å². The van der Waals surface area contributed by atoms with E-state index in [9.17, 15) is 18.0 Å². The molecule has 0 saturated carbocycles. The Morgan fingerprint density at radius 2 is 1.68 bits per heavy atom. The van der Waals surface area contributed by atoms with Crippen molar-refractivity contribution >= 4 is 5.91 Å². The third-order valence-electron chi connectivity index (χ3n) is 2.27. The summed E-state index contributed by atoms with van der Waals surface area (Å²) in [5, 5.41) is 0. The number of pyridine rings is 1. The van der Waals surface area contributed by atoms with E-state index < -0.39 is 23.3 Å². The van der Waals surface area contributed by atoms with Gasteiger partial charge in [0, 0.05) is 18.6 Å². The first-order valence-electron chi connectivity index (χ1n) is 5.04. The first kappa shape index (κ1) is 12.9. The third-order valence-corrected chi connectivity index (χ3v) is 2.27. The molecule has 1 amide bonds. The molecule has 0 radical (unpaired) electrons. The first-order chi connectivity index (χ1) is 8.91. The van der Waals surface area contributed by atoms with Gasteiger partial charge in [-0.15, -0.1) is 0 Å². The summed E-state index contributed by atoms with van der Waals surface area (Å²) in [7, 11) is 0. The van der Waals surface area contributed by atoms with E-state index in [0.29, 0.717) is 0 Å². The zero-order valence-electron chi connectivity index (χ0n) is 9.35. The van der Waals surface area contributed by atoms with Gasteiger partial charge in [-0.2, -0.15) is 13.2 Å².